The third-order valence-corrected chi connectivity index (χ3v) is 6.77. The number of hydrogen-bond donors (Lipinski definition) is 1. The first-order valence-corrected chi connectivity index (χ1v) is 12.4. The number of carbonyl (C=O) groups excluding carboxylic acids is 2. The molecule has 6 nitrogen and oxygen atoms in total. The Balaban J connectivity index is 1.36. The van der Waals surface area contributed by atoms with E-state index in [0.29, 0.717) is 11.4 Å². The monoisotopic (exact) mass is 483 g/mol. The number of rotatable bonds is 7. The number of hydrogen-bond acceptors (Lipinski definition) is 5. The Bertz CT molecular complexity index is 1370. The van der Waals surface area contributed by atoms with Gasteiger partial charge in [0.1, 0.15) is 12.3 Å². The van der Waals surface area contributed by atoms with Crippen LogP contribution >= 0.6 is 11.3 Å². The molecule has 1 aliphatic heterocycles. The quantitative estimate of drug-likeness (QED) is 0.386. The highest BCUT2D eigenvalue weighted by atomic mass is 32.1. The van der Waals surface area contributed by atoms with Crippen molar-refractivity contribution in [1.29, 1.82) is 0 Å². The molecule has 1 aliphatic rings. The van der Waals surface area contributed by atoms with Gasteiger partial charge in [0.05, 0.1) is 16.4 Å². The van der Waals surface area contributed by atoms with E-state index >= 15 is 0 Å². The van der Waals surface area contributed by atoms with Gasteiger partial charge in [0.15, 0.2) is 6.61 Å². The number of anilines is 2. The number of amides is 2. The lowest BCUT2D eigenvalue weighted by molar-refractivity contribution is -0.123. The number of fused-ring (bicyclic) bond motifs is 1. The lowest BCUT2D eigenvalue weighted by Crippen LogP contribution is -2.43. The lowest BCUT2D eigenvalue weighted by Gasteiger charge is -2.29. The van der Waals surface area contributed by atoms with Gasteiger partial charge < -0.3 is 10.1 Å². The molecule has 4 aromatic rings. The Morgan fingerprint density at radius 1 is 1.09 bits per heavy atom. The molecule has 0 aliphatic carbocycles. The van der Waals surface area contributed by atoms with Crippen LogP contribution in [-0.4, -0.2) is 29.9 Å². The van der Waals surface area contributed by atoms with E-state index in [2.05, 4.69) is 17.4 Å². The largest absolute Gasteiger partial charge is 0.482 e. The Morgan fingerprint density at radius 3 is 2.71 bits per heavy atom. The average Bonchev–Trinajstić information content (AvgIpc) is 3.35. The molecule has 1 N–H and O–H groups in total. The zero-order valence-corrected chi connectivity index (χ0v) is 20.2. The Labute approximate surface area is 208 Å². The van der Waals surface area contributed by atoms with E-state index < -0.39 is 0 Å². The van der Waals surface area contributed by atoms with Gasteiger partial charge in [0, 0.05) is 23.1 Å². The van der Waals surface area contributed by atoms with E-state index in [-0.39, 0.29) is 25.0 Å². The van der Waals surface area contributed by atoms with Crippen LogP contribution in [0.15, 0.2) is 78.2 Å². The van der Waals surface area contributed by atoms with E-state index in [1.54, 1.807) is 11.3 Å². The average molecular weight is 484 g/mol. The fraction of sp³-hybridized carbons (Fsp3) is 0.179. The molecule has 3 aromatic carbocycles. The second kappa shape index (κ2) is 10.1. The van der Waals surface area contributed by atoms with Crippen molar-refractivity contribution in [2.24, 2.45) is 0 Å². The van der Waals surface area contributed by atoms with E-state index in [1.807, 2.05) is 73.0 Å². The van der Waals surface area contributed by atoms with E-state index in [0.717, 1.165) is 40.4 Å². The van der Waals surface area contributed by atoms with Crippen LogP contribution in [0.2, 0.25) is 0 Å². The summed E-state index contributed by atoms with van der Waals surface area (Å²) in [7, 11) is 0. The molecular weight excluding hydrogens is 458 g/mol. The summed E-state index contributed by atoms with van der Waals surface area (Å²) in [5, 5.41) is 5.98. The van der Waals surface area contributed by atoms with Crippen molar-refractivity contribution >= 4 is 34.5 Å². The van der Waals surface area contributed by atoms with E-state index in [9.17, 15) is 9.59 Å². The normalized spacial score (nSPS) is 12.7. The Hall–Kier alpha value is -3.97. The second-order valence-electron chi connectivity index (χ2n) is 8.30. The minimum absolute atomic E-state index is 0.0903. The van der Waals surface area contributed by atoms with Gasteiger partial charge in [0.25, 0.3) is 5.91 Å². The fourth-order valence-electron chi connectivity index (χ4n) is 4.11. The zero-order chi connectivity index (χ0) is 24.2. The van der Waals surface area contributed by atoms with Crippen molar-refractivity contribution in [3.63, 3.8) is 0 Å². The number of para-hydroxylation sites is 1. The van der Waals surface area contributed by atoms with Crippen LogP contribution < -0.4 is 15.0 Å². The second-order valence-corrected chi connectivity index (χ2v) is 9.24. The van der Waals surface area contributed by atoms with Crippen molar-refractivity contribution in [1.82, 2.24) is 4.98 Å². The maximum Gasteiger partial charge on any atom is 0.265 e. The predicted octanol–water partition coefficient (Wildman–Crippen LogP) is 5.33. The molecular formula is C28H25N3O3S. The summed E-state index contributed by atoms with van der Waals surface area (Å²) < 4.78 is 5.64. The third-order valence-electron chi connectivity index (χ3n) is 5.92. The van der Waals surface area contributed by atoms with Gasteiger partial charge in [0.2, 0.25) is 5.91 Å². The molecule has 35 heavy (non-hydrogen) atoms. The van der Waals surface area contributed by atoms with Crippen LogP contribution in [0.1, 0.15) is 23.1 Å². The number of ether oxygens (including phenoxy) is 1. The van der Waals surface area contributed by atoms with Crippen LogP contribution in [0, 0.1) is 0 Å². The molecule has 2 amide bonds. The van der Waals surface area contributed by atoms with Gasteiger partial charge in [-0.05, 0) is 41.8 Å². The molecule has 1 aromatic heterocycles. The smallest absolute Gasteiger partial charge is 0.265 e. The lowest BCUT2D eigenvalue weighted by atomic mass is 10.1. The molecule has 0 saturated heterocycles. The predicted molar refractivity (Wildman–Crippen MR) is 139 cm³/mol. The molecule has 0 radical (unpaired) electrons. The number of nitrogens with zero attached hydrogens (tertiary/aromatic N) is 2. The molecule has 0 bridgehead atoms. The highest BCUT2D eigenvalue weighted by Crippen LogP contribution is 2.36. The summed E-state index contributed by atoms with van der Waals surface area (Å²) in [4.78, 5) is 31.9. The van der Waals surface area contributed by atoms with E-state index in [4.69, 9.17) is 9.72 Å². The first-order valence-electron chi connectivity index (χ1n) is 11.5. The standard InChI is InChI=1S/C28H25N3O3S/c1-2-20-10-6-7-11-22(20)29-26(32)16-31-24-15-21(12-13-25(24)34-17-28(31)33)23-18-35-27(30-23)14-19-8-4-3-5-9-19/h3-13,15,18H,2,14,16-17H2,1H3,(H,29,32). The highest BCUT2D eigenvalue weighted by molar-refractivity contribution is 7.10. The van der Waals surface area contributed by atoms with Gasteiger partial charge in [-0.3, -0.25) is 14.5 Å². The molecule has 7 heteroatoms. The van der Waals surface area contributed by atoms with Gasteiger partial charge >= 0.3 is 0 Å². The van der Waals surface area contributed by atoms with Crippen LogP contribution in [-0.2, 0) is 22.4 Å². The Kier molecular flexibility index (Phi) is 6.59. The van der Waals surface area contributed by atoms with Crippen LogP contribution in [0.25, 0.3) is 11.3 Å². The number of benzene rings is 3. The molecule has 5 rings (SSSR count). The molecule has 0 spiro atoms. The number of carbonyl (C=O) groups is 2. The first kappa shape index (κ1) is 22.8. The van der Waals surface area contributed by atoms with Crippen molar-refractivity contribution in [2.45, 2.75) is 19.8 Å². The van der Waals surface area contributed by atoms with Crippen molar-refractivity contribution in [3.05, 3.63) is 94.3 Å². The van der Waals surface area contributed by atoms with Crippen molar-refractivity contribution in [2.75, 3.05) is 23.4 Å². The van der Waals surface area contributed by atoms with Crippen LogP contribution in [0.3, 0.4) is 0 Å². The molecule has 0 unspecified atom stereocenters. The highest BCUT2D eigenvalue weighted by Gasteiger charge is 2.28. The van der Waals surface area contributed by atoms with Gasteiger partial charge in [-0.25, -0.2) is 4.98 Å². The molecule has 176 valence electrons. The van der Waals surface area contributed by atoms with E-state index in [1.165, 1.54) is 10.5 Å². The Morgan fingerprint density at radius 2 is 1.89 bits per heavy atom. The van der Waals surface area contributed by atoms with Crippen LogP contribution in [0.5, 0.6) is 5.75 Å². The zero-order valence-electron chi connectivity index (χ0n) is 19.4. The maximum atomic E-state index is 12.9. The first-order chi connectivity index (χ1) is 17.1. The third kappa shape index (κ3) is 5.10. The fourth-order valence-corrected chi connectivity index (χ4v) is 4.95. The molecule has 0 atom stereocenters. The van der Waals surface area contributed by atoms with Crippen LogP contribution in [0.4, 0.5) is 11.4 Å². The molecule has 0 fully saturated rings. The number of aromatic nitrogens is 1. The van der Waals surface area contributed by atoms with Crippen molar-refractivity contribution in [3.8, 4) is 17.0 Å². The molecule has 2 heterocycles. The summed E-state index contributed by atoms with van der Waals surface area (Å²) in [6, 6.07) is 23.6. The SMILES string of the molecule is CCc1ccccc1NC(=O)CN1C(=O)COc2ccc(-c3csc(Cc4ccccc4)n3)cc21. The van der Waals surface area contributed by atoms with Crippen molar-refractivity contribution < 1.29 is 14.3 Å². The minimum Gasteiger partial charge on any atom is -0.482 e. The number of nitrogens with one attached hydrogen (secondary N) is 1. The molecule has 0 saturated carbocycles. The topological polar surface area (TPSA) is 71.5 Å². The van der Waals surface area contributed by atoms with Gasteiger partial charge in [-0.1, -0.05) is 55.5 Å². The summed E-state index contributed by atoms with van der Waals surface area (Å²) in [6.07, 6.45) is 1.57. The number of aryl methyl sites for hydroxylation is 1. The summed E-state index contributed by atoms with van der Waals surface area (Å²) in [6.45, 7) is 1.86. The summed E-state index contributed by atoms with van der Waals surface area (Å²) >= 11 is 1.61. The minimum atomic E-state index is -0.253. The summed E-state index contributed by atoms with van der Waals surface area (Å²) in [5.74, 6) is 0.0720. The number of thiazole rings is 1. The maximum absolute atomic E-state index is 12.9. The van der Waals surface area contributed by atoms with Gasteiger partial charge in [-0.15, -0.1) is 11.3 Å². The summed E-state index contributed by atoms with van der Waals surface area (Å²) in [5.41, 5.74) is 5.31. The van der Waals surface area contributed by atoms with Gasteiger partial charge in [-0.2, -0.15) is 0 Å².